The summed E-state index contributed by atoms with van der Waals surface area (Å²) in [6.45, 7) is 4.56. The van der Waals surface area contributed by atoms with E-state index in [1.165, 1.54) is 30.7 Å². The van der Waals surface area contributed by atoms with Crippen LogP contribution in [0.25, 0.3) is 0 Å². The normalized spacial score (nSPS) is 27.1. The molecule has 2 rings (SSSR count). The van der Waals surface area contributed by atoms with Crippen molar-refractivity contribution in [3.8, 4) is 0 Å². The SMILES string of the molecule is CCC(NC1CCCC1CC)c1nccs1. The van der Waals surface area contributed by atoms with Gasteiger partial charge in [0.25, 0.3) is 0 Å². The van der Waals surface area contributed by atoms with Crippen molar-refractivity contribution in [2.45, 2.75) is 58.0 Å². The number of hydrogen-bond acceptors (Lipinski definition) is 3. The van der Waals surface area contributed by atoms with Gasteiger partial charge in [0.1, 0.15) is 5.01 Å². The molecule has 90 valence electrons. The van der Waals surface area contributed by atoms with Gasteiger partial charge in [0.15, 0.2) is 0 Å². The third-order valence-corrected chi connectivity index (χ3v) is 4.65. The largest absolute Gasteiger partial charge is 0.305 e. The van der Waals surface area contributed by atoms with Crippen molar-refractivity contribution in [1.82, 2.24) is 10.3 Å². The Kier molecular flexibility index (Phi) is 4.36. The van der Waals surface area contributed by atoms with Crippen LogP contribution in [0.5, 0.6) is 0 Å². The van der Waals surface area contributed by atoms with Crippen LogP contribution in [0.4, 0.5) is 0 Å². The minimum atomic E-state index is 0.470. The second-order valence-corrected chi connectivity index (χ2v) is 5.63. The van der Waals surface area contributed by atoms with Crippen molar-refractivity contribution in [1.29, 1.82) is 0 Å². The van der Waals surface area contributed by atoms with Crippen LogP contribution in [0.1, 0.15) is 57.0 Å². The summed E-state index contributed by atoms with van der Waals surface area (Å²) in [6.07, 6.45) is 8.51. The molecule has 1 aliphatic rings. The average Bonchev–Trinajstić information content (AvgIpc) is 2.96. The van der Waals surface area contributed by atoms with Crippen molar-refractivity contribution in [2.24, 2.45) is 5.92 Å². The summed E-state index contributed by atoms with van der Waals surface area (Å²) >= 11 is 1.77. The average molecular weight is 238 g/mol. The molecule has 3 unspecified atom stereocenters. The number of thiazole rings is 1. The third-order valence-electron chi connectivity index (χ3n) is 3.76. The molecule has 1 heterocycles. The highest BCUT2D eigenvalue weighted by Gasteiger charge is 2.28. The van der Waals surface area contributed by atoms with E-state index < -0.39 is 0 Å². The van der Waals surface area contributed by atoms with Gasteiger partial charge >= 0.3 is 0 Å². The summed E-state index contributed by atoms with van der Waals surface area (Å²) in [7, 11) is 0. The van der Waals surface area contributed by atoms with E-state index >= 15 is 0 Å². The molecule has 0 radical (unpaired) electrons. The predicted molar refractivity (Wildman–Crippen MR) is 69.7 cm³/mol. The Morgan fingerprint density at radius 3 is 3.00 bits per heavy atom. The Labute approximate surface area is 102 Å². The van der Waals surface area contributed by atoms with E-state index in [9.17, 15) is 0 Å². The van der Waals surface area contributed by atoms with E-state index in [2.05, 4.69) is 29.5 Å². The van der Waals surface area contributed by atoms with Crippen LogP contribution >= 0.6 is 11.3 Å². The Balaban J connectivity index is 1.96. The Morgan fingerprint density at radius 2 is 2.38 bits per heavy atom. The smallest absolute Gasteiger partial charge is 0.109 e. The molecule has 0 amide bonds. The van der Waals surface area contributed by atoms with Crippen LogP contribution in [0.15, 0.2) is 11.6 Å². The first-order chi connectivity index (χ1) is 7.85. The van der Waals surface area contributed by atoms with E-state index in [4.69, 9.17) is 0 Å². The molecule has 1 N–H and O–H groups in total. The summed E-state index contributed by atoms with van der Waals surface area (Å²) < 4.78 is 0. The Morgan fingerprint density at radius 1 is 1.50 bits per heavy atom. The van der Waals surface area contributed by atoms with Gasteiger partial charge in [-0.1, -0.05) is 26.7 Å². The van der Waals surface area contributed by atoms with E-state index in [0.717, 1.165) is 18.4 Å². The lowest BCUT2D eigenvalue weighted by molar-refractivity contribution is 0.345. The molecule has 2 nitrogen and oxygen atoms in total. The molecule has 0 aliphatic heterocycles. The quantitative estimate of drug-likeness (QED) is 0.845. The standard InChI is InChI=1S/C13H22N2S/c1-3-10-6-5-7-12(10)15-11(4-2)13-14-8-9-16-13/h8-12,15H,3-7H2,1-2H3. The Bertz CT molecular complexity index is 297. The highest BCUT2D eigenvalue weighted by molar-refractivity contribution is 7.09. The molecule has 0 bridgehead atoms. The van der Waals surface area contributed by atoms with Crippen molar-refractivity contribution < 1.29 is 0 Å². The van der Waals surface area contributed by atoms with Crippen LogP contribution < -0.4 is 5.32 Å². The minimum absolute atomic E-state index is 0.470. The lowest BCUT2D eigenvalue weighted by Crippen LogP contribution is -2.35. The van der Waals surface area contributed by atoms with Gasteiger partial charge in [-0.3, -0.25) is 0 Å². The summed E-state index contributed by atoms with van der Waals surface area (Å²) in [5, 5.41) is 7.15. The first-order valence-electron chi connectivity index (χ1n) is 6.50. The van der Waals surface area contributed by atoms with Crippen molar-refractivity contribution in [3.05, 3.63) is 16.6 Å². The molecule has 1 saturated carbocycles. The van der Waals surface area contributed by atoms with Crippen LogP contribution in [-0.4, -0.2) is 11.0 Å². The summed E-state index contributed by atoms with van der Waals surface area (Å²) in [5.41, 5.74) is 0. The number of rotatable bonds is 5. The number of hydrogen-bond donors (Lipinski definition) is 1. The number of nitrogens with zero attached hydrogens (tertiary/aromatic N) is 1. The van der Waals surface area contributed by atoms with E-state index in [1.54, 1.807) is 11.3 Å². The molecule has 1 aliphatic carbocycles. The van der Waals surface area contributed by atoms with Crippen LogP contribution in [0.2, 0.25) is 0 Å². The van der Waals surface area contributed by atoms with Gasteiger partial charge < -0.3 is 5.32 Å². The second kappa shape index (κ2) is 5.78. The van der Waals surface area contributed by atoms with Crippen molar-refractivity contribution >= 4 is 11.3 Å². The van der Waals surface area contributed by atoms with Crippen LogP contribution in [0, 0.1) is 5.92 Å². The fourth-order valence-electron chi connectivity index (χ4n) is 2.77. The lowest BCUT2D eigenvalue weighted by Gasteiger charge is -2.24. The lowest BCUT2D eigenvalue weighted by atomic mass is 9.99. The first kappa shape index (κ1) is 12.1. The maximum Gasteiger partial charge on any atom is 0.109 e. The third kappa shape index (κ3) is 2.64. The molecule has 0 aromatic carbocycles. The predicted octanol–water partition coefficient (Wildman–Crippen LogP) is 3.76. The fourth-order valence-corrected chi connectivity index (χ4v) is 3.56. The van der Waals surface area contributed by atoms with Gasteiger partial charge in [-0.2, -0.15) is 0 Å². The molecule has 1 fully saturated rings. The van der Waals surface area contributed by atoms with Crippen molar-refractivity contribution in [3.63, 3.8) is 0 Å². The van der Waals surface area contributed by atoms with E-state index in [0.29, 0.717) is 6.04 Å². The van der Waals surface area contributed by atoms with Crippen LogP contribution in [-0.2, 0) is 0 Å². The van der Waals surface area contributed by atoms with Gasteiger partial charge in [0.05, 0.1) is 6.04 Å². The molecule has 16 heavy (non-hydrogen) atoms. The second-order valence-electron chi connectivity index (χ2n) is 4.70. The minimum Gasteiger partial charge on any atom is -0.305 e. The highest BCUT2D eigenvalue weighted by Crippen LogP contribution is 2.31. The number of nitrogens with one attached hydrogen (secondary N) is 1. The number of aromatic nitrogens is 1. The molecular weight excluding hydrogens is 216 g/mol. The van der Waals surface area contributed by atoms with Crippen molar-refractivity contribution in [2.75, 3.05) is 0 Å². The highest BCUT2D eigenvalue weighted by atomic mass is 32.1. The molecule has 3 atom stereocenters. The molecule has 1 aromatic rings. The van der Waals surface area contributed by atoms with E-state index in [-0.39, 0.29) is 0 Å². The van der Waals surface area contributed by atoms with Gasteiger partial charge in [0, 0.05) is 17.6 Å². The van der Waals surface area contributed by atoms with Gasteiger partial charge in [0.2, 0.25) is 0 Å². The zero-order valence-corrected chi connectivity index (χ0v) is 11.1. The van der Waals surface area contributed by atoms with Crippen LogP contribution in [0.3, 0.4) is 0 Å². The summed E-state index contributed by atoms with van der Waals surface area (Å²) in [4.78, 5) is 4.44. The zero-order chi connectivity index (χ0) is 11.4. The van der Waals surface area contributed by atoms with Gasteiger partial charge in [-0.15, -0.1) is 11.3 Å². The van der Waals surface area contributed by atoms with E-state index in [1.807, 2.05) is 6.20 Å². The maximum absolute atomic E-state index is 4.44. The first-order valence-corrected chi connectivity index (χ1v) is 7.38. The molecule has 3 heteroatoms. The monoisotopic (exact) mass is 238 g/mol. The molecular formula is C13H22N2S. The Hall–Kier alpha value is -0.410. The van der Waals surface area contributed by atoms with Gasteiger partial charge in [-0.25, -0.2) is 4.98 Å². The molecule has 0 spiro atoms. The molecule has 0 saturated heterocycles. The summed E-state index contributed by atoms with van der Waals surface area (Å²) in [5.74, 6) is 0.883. The zero-order valence-electron chi connectivity index (χ0n) is 10.3. The fraction of sp³-hybridized carbons (Fsp3) is 0.769. The topological polar surface area (TPSA) is 24.9 Å². The molecule has 1 aromatic heterocycles. The van der Waals surface area contributed by atoms with Gasteiger partial charge in [-0.05, 0) is 25.2 Å². The maximum atomic E-state index is 4.44. The summed E-state index contributed by atoms with van der Waals surface area (Å²) in [6, 6.07) is 1.19.